The number of hydrogen-bond acceptors (Lipinski definition) is 4. The van der Waals surface area contributed by atoms with Crippen molar-refractivity contribution in [3.63, 3.8) is 0 Å². The first-order chi connectivity index (χ1) is 9.26. The quantitative estimate of drug-likeness (QED) is 0.850. The van der Waals surface area contributed by atoms with Crippen LogP contribution in [0.5, 0.6) is 0 Å². The Bertz CT molecular complexity index is 715. The molecule has 20 heavy (non-hydrogen) atoms. The zero-order chi connectivity index (χ0) is 14.9. The first-order valence-electron chi connectivity index (χ1n) is 6.11. The van der Waals surface area contributed by atoms with E-state index in [1.54, 1.807) is 25.1 Å². The van der Waals surface area contributed by atoms with Gasteiger partial charge in [0.25, 0.3) is 10.0 Å². The van der Waals surface area contributed by atoms with E-state index in [2.05, 4.69) is 9.71 Å². The van der Waals surface area contributed by atoms with Gasteiger partial charge in [0.15, 0.2) is 0 Å². The van der Waals surface area contributed by atoms with E-state index in [0.29, 0.717) is 11.5 Å². The van der Waals surface area contributed by atoms with Gasteiger partial charge in [-0.2, -0.15) is 0 Å². The number of pyridine rings is 1. The number of hydrogen-bond donors (Lipinski definition) is 2. The number of nitrogens with zero attached hydrogens (tertiary/aromatic N) is 1. The molecule has 1 aromatic heterocycles. The largest absolute Gasteiger partial charge is 0.399 e. The lowest BCUT2D eigenvalue weighted by atomic mass is 10.2. The Kier molecular flexibility index (Phi) is 3.67. The predicted molar refractivity (Wildman–Crippen MR) is 80.1 cm³/mol. The fourth-order valence-corrected chi connectivity index (χ4v) is 3.15. The highest BCUT2D eigenvalue weighted by atomic mass is 32.2. The minimum Gasteiger partial charge on any atom is -0.399 e. The third-order valence-corrected chi connectivity index (χ3v) is 4.05. The minimum atomic E-state index is -3.68. The molecule has 2 aromatic rings. The van der Waals surface area contributed by atoms with E-state index in [-0.39, 0.29) is 4.90 Å². The summed E-state index contributed by atoms with van der Waals surface area (Å²) in [6, 6.07) is 8.28. The summed E-state index contributed by atoms with van der Waals surface area (Å²) >= 11 is 0. The van der Waals surface area contributed by atoms with Crippen LogP contribution in [0.1, 0.15) is 16.8 Å². The van der Waals surface area contributed by atoms with Crippen LogP contribution in [0.2, 0.25) is 0 Å². The normalized spacial score (nSPS) is 11.3. The Morgan fingerprint density at radius 2 is 1.65 bits per heavy atom. The van der Waals surface area contributed by atoms with Crippen LogP contribution in [0, 0.1) is 20.8 Å². The van der Waals surface area contributed by atoms with Crippen LogP contribution < -0.4 is 10.5 Å². The van der Waals surface area contributed by atoms with E-state index in [1.165, 1.54) is 6.07 Å². The Hall–Kier alpha value is -2.08. The summed E-state index contributed by atoms with van der Waals surface area (Å²) in [5, 5.41) is 0. The molecule has 0 atom stereocenters. The molecule has 106 valence electrons. The molecule has 0 saturated carbocycles. The first kappa shape index (κ1) is 14.3. The van der Waals surface area contributed by atoms with Crippen LogP contribution in [0.15, 0.2) is 35.2 Å². The molecular weight excluding hydrogens is 274 g/mol. The van der Waals surface area contributed by atoms with Crippen LogP contribution >= 0.6 is 0 Å². The van der Waals surface area contributed by atoms with Crippen LogP contribution in [-0.2, 0) is 10.0 Å². The van der Waals surface area contributed by atoms with Gasteiger partial charge in [-0.15, -0.1) is 0 Å². The fraction of sp³-hybridized carbons (Fsp3) is 0.214. The van der Waals surface area contributed by atoms with Crippen LogP contribution in [0.3, 0.4) is 0 Å². The van der Waals surface area contributed by atoms with Crippen molar-refractivity contribution in [3.05, 3.63) is 47.2 Å². The van der Waals surface area contributed by atoms with Gasteiger partial charge in [-0.1, -0.05) is 0 Å². The highest BCUT2D eigenvalue weighted by molar-refractivity contribution is 7.92. The molecule has 0 aliphatic heterocycles. The highest BCUT2D eigenvalue weighted by Gasteiger charge is 2.16. The fourth-order valence-electron chi connectivity index (χ4n) is 2.02. The molecule has 0 aliphatic rings. The topological polar surface area (TPSA) is 85.1 Å². The van der Waals surface area contributed by atoms with Crippen molar-refractivity contribution in [1.82, 2.24) is 4.98 Å². The lowest BCUT2D eigenvalue weighted by Crippen LogP contribution is -2.15. The summed E-state index contributed by atoms with van der Waals surface area (Å²) in [7, 11) is -3.68. The van der Waals surface area contributed by atoms with Gasteiger partial charge in [0.05, 0.1) is 4.90 Å². The van der Waals surface area contributed by atoms with Crippen LogP contribution in [-0.4, -0.2) is 13.4 Å². The monoisotopic (exact) mass is 291 g/mol. The van der Waals surface area contributed by atoms with Crippen molar-refractivity contribution in [1.29, 1.82) is 0 Å². The Labute approximate surface area is 118 Å². The summed E-state index contributed by atoms with van der Waals surface area (Å²) < 4.78 is 27.1. The molecule has 1 heterocycles. The molecule has 0 amide bonds. The molecular formula is C14H17N3O2S. The molecule has 0 unspecified atom stereocenters. The third-order valence-electron chi connectivity index (χ3n) is 2.72. The highest BCUT2D eigenvalue weighted by Crippen LogP contribution is 2.19. The maximum atomic E-state index is 12.3. The molecule has 0 fully saturated rings. The minimum absolute atomic E-state index is 0.135. The lowest BCUT2D eigenvalue weighted by molar-refractivity contribution is 0.601. The van der Waals surface area contributed by atoms with E-state index in [1.807, 2.05) is 19.9 Å². The second-order valence-corrected chi connectivity index (χ2v) is 6.54. The number of benzene rings is 1. The van der Waals surface area contributed by atoms with Gasteiger partial charge in [0, 0.05) is 11.4 Å². The molecule has 0 radical (unpaired) electrons. The smallest absolute Gasteiger partial charge is 0.263 e. The van der Waals surface area contributed by atoms with Crippen molar-refractivity contribution in [2.45, 2.75) is 25.7 Å². The number of nitrogens with one attached hydrogen (secondary N) is 1. The summed E-state index contributed by atoms with van der Waals surface area (Å²) in [5.41, 5.74) is 8.60. The number of rotatable bonds is 3. The Morgan fingerprint density at radius 1 is 1.00 bits per heavy atom. The molecule has 0 spiro atoms. The zero-order valence-electron chi connectivity index (χ0n) is 11.6. The number of sulfonamides is 1. The second kappa shape index (κ2) is 5.13. The third kappa shape index (κ3) is 3.27. The van der Waals surface area contributed by atoms with E-state index < -0.39 is 10.0 Å². The van der Waals surface area contributed by atoms with Gasteiger partial charge in [0.1, 0.15) is 5.82 Å². The maximum Gasteiger partial charge on any atom is 0.263 e. The summed E-state index contributed by atoms with van der Waals surface area (Å²) in [6.45, 7) is 5.50. The van der Waals surface area contributed by atoms with E-state index in [9.17, 15) is 8.42 Å². The molecule has 1 aromatic carbocycles. The molecule has 0 bridgehead atoms. The lowest BCUT2D eigenvalue weighted by Gasteiger charge is -2.10. The molecule has 0 saturated heterocycles. The second-order valence-electron chi connectivity index (χ2n) is 4.86. The zero-order valence-corrected chi connectivity index (χ0v) is 12.5. The van der Waals surface area contributed by atoms with Crippen molar-refractivity contribution in [3.8, 4) is 0 Å². The number of aromatic nitrogens is 1. The van der Waals surface area contributed by atoms with Crippen molar-refractivity contribution in [2.24, 2.45) is 0 Å². The summed E-state index contributed by atoms with van der Waals surface area (Å²) in [6.07, 6.45) is 0. The van der Waals surface area contributed by atoms with Gasteiger partial charge in [0.2, 0.25) is 0 Å². The molecule has 5 nitrogen and oxygen atoms in total. The van der Waals surface area contributed by atoms with Crippen molar-refractivity contribution in [2.75, 3.05) is 10.5 Å². The SMILES string of the molecule is Cc1cc(N)cc(S(=O)(=O)Nc2cc(C)cc(C)n2)c1. The van der Waals surface area contributed by atoms with E-state index in [0.717, 1.165) is 16.8 Å². The van der Waals surface area contributed by atoms with Gasteiger partial charge >= 0.3 is 0 Å². The average Bonchev–Trinajstić information content (AvgIpc) is 2.25. The molecule has 3 N–H and O–H groups in total. The summed E-state index contributed by atoms with van der Waals surface area (Å²) in [4.78, 5) is 4.30. The Morgan fingerprint density at radius 3 is 2.25 bits per heavy atom. The van der Waals surface area contributed by atoms with Gasteiger partial charge in [-0.05, 0) is 62.2 Å². The average molecular weight is 291 g/mol. The number of anilines is 2. The predicted octanol–water partition coefficient (Wildman–Crippen LogP) is 2.39. The first-order valence-corrected chi connectivity index (χ1v) is 7.60. The number of aryl methyl sites for hydroxylation is 3. The van der Waals surface area contributed by atoms with Crippen molar-refractivity contribution < 1.29 is 8.42 Å². The standard InChI is InChI=1S/C14H17N3O2S/c1-9-4-11(3)16-14(7-9)17-20(18,19)13-6-10(2)5-12(15)8-13/h4-8H,15H2,1-3H3,(H,16,17). The van der Waals surface area contributed by atoms with Crippen molar-refractivity contribution >= 4 is 21.5 Å². The van der Waals surface area contributed by atoms with Crippen LogP contribution in [0.4, 0.5) is 11.5 Å². The van der Waals surface area contributed by atoms with E-state index >= 15 is 0 Å². The van der Waals surface area contributed by atoms with Gasteiger partial charge < -0.3 is 5.73 Å². The Balaban J connectivity index is 2.40. The maximum absolute atomic E-state index is 12.3. The number of nitrogens with two attached hydrogens (primary N) is 1. The number of nitrogen functional groups attached to an aromatic ring is 1. The molecule has 6 heteroatoms. The molecule has 0 aliphatic carbocycles. The summed E-state index contributed by atoms with van der Waals surface area (Å²) in [5.74, 6) is 0.308. The van der Waals surface area contributed by atoms with Gasteiger partial charge in [-0.25, -0.2) is 13.4 Å². The van der Waals surface area contributed by atoms with E-state index in [4.69, 9.17) is 5.73 Å². The van der Waals surface area contributed by atoms with Crippen LogP contribution in [0.25, 0.3) is 0 Å². The molecule has 2 rings (SSSR count). The van der Waals surface area contributed by atoms with Gasteiger partial charge in [-0.3, -0.25) is 4.72 Å².